The highest BCUT2D eigenvalue weighted by Crippen LogP contribution is 2.45. The summed E-state index contributed by atoms with van der Waals surface area (Å²) in [6, 6.07) is 20.1. The molecule has 1 amide bonds. The number of ether oxygens (including phenoxy) is 2. The molecule has 6 heteroatoms. The quantitative estimate of drug-likeness (QED) is 0.338. The minimum atomic E-state index is -0.305. The second kappa shape index (κ2) is 10.0. The van der Waals surface area contributed by atoms with Crippen molar-refractivity contribution in [2.75, 3.05) is 24.4 Å². The van der Waals surface area contributed by atoms with E-state index in [1.54, 1.807) is 4.90 Å². The average molecular weight is 452 g/mol. The number of anilines is 1. The van der Waals surface area contributed by atoms with E-state index in [1.165, 1.54) is 7.11 Å². The lowest BCUT2D eigenvalue weighted by molar-refractivity contribution is -0.140. The molecule has 0 aliphatic carbocycles. The number of halogens is 1. The Hall–Kier alpha value is -3.05. The van der Waals surface area contributed by atoms with E-state index in [2.05, 4.69) is 10.8 Å². The van der Waals surface area contributed by atoms with Crippen LogP contribution in [0.15, 0.2) is 60.7 Å². The van der Waals surface area contributed by atoms with Crippen LogP contribution in [0.1, 0.15) is 36.3 Å². The predicted molar refractivity (Wildman–Crippen MR) is 126 cm³/mol. The van der Waals surface area contributed by atoms with Crippen molar-refractivity contribution in [3.63, 3.8) is 0 Å². The number of hydrogen-bond acceptors (Lipinski definition) is 4. The second-order valence-corrected chi connectivity index (χ2v) is 8.22. The van der Waals surface area contributed by atoms with Gasteiger partial charge in [0.2, 0.25) is 5.91 Å². The topological polar surface area (TPSA) is 55.8 Å². The zero-order valence-corrected chi connectivity index (χ0v) is 18.8. The van der Waals surface area contributed by atoms with Crippen LogP contribution >= 0.6 is 11.6 Å². The van der Waals surface area contributed by atoms with Gasteiger partial charge in [-0.05, 0) is 22.9 Å². The van der Waals surface area contributed by atoms with Crippen molar-refractivity contribution in [1.29, 1.82) is 0 Å². The van der Waals surface area contributed by atoms with Crippen molar-refractivity contribution < 1.29 is 19.1 Å². The Labute approximate surface area is 192 Å². The third kappa shape index (κ3) is 4.58. The third-order valence-corrected chi connectivity index (χ3v) is 6.22. The number of nitrogens with zero attached hydrogens (tertiary/aromatic N) is 1. The van der Waals surface area contributed by atoms with Crippen LogP contribution in [0.4, 0.5) is 5.69 Å². The van der Waals surface area contributed by atoms with E-state index in [1.807, 2.05) is 54.6 Å². The predicted octanol–water partition coefficient (Wildman–Crippen LogP) is 5.43. The van der Waals surface area contributed by atoms with Crippen molar-refractivity contribution in [3.8, 4) is 5.75 Å². The van der Waals surface area contributed by atoms with Gasteiger partial charge in [-0.3, -0.25) is 9.59 Å². The molecule has 0 spiro atoms. The summed E-state index contributed by atoms with van der Waals surface area (Å²) in [4.78, 5) is 26.3. The number of alkyl halides is 1. The van der Waals surface area contributed by atoms with Gasteiger partial charge in [-0.1, -0.05) is 54.6 Å². The Kier molecular flexibility index (Phi) is 6.96. The first-order valence-electron chi connectivity index (χ1n) is 10.8. The fourth-order valence-corrected chi connectivity index (χ4v) is 4.50. The fourth-order valence-electron chi connectivity index (χ4n) is 4.25. The molecule has 4 rings (SSSR count). The molecule has 32 heavy (non-hydrogen) atoms. The molecule has 0 aromatic heterocycles. The minimum absolute atomic E-state index is 0.0212. The molecular weight excluding hydrogens is 426 g/mol. The lowest BCUT2D eigenvalue weighted by atomic mass is 9.95. The van der Waals surface area contributed by atoms with Gasteiger partial charge in [0.25, 0.3) is 0 Å². The Morgan fingerprint density at radius 3 is 2.47 bits per heavy atom. The molecule has 0 N–H and O–H groups in total. The number of amides is 1. The third-order valence-electron chi connectivity index (χ3n) is 5.85. The first-order chi connectivity index (χ1) is 15.6. The molecule has 1 atom stereocenters. The van der Waals surface area contributed by atoms with Gasteiger partial charge in [0.15, 0.2) is 0 Å². The molecule has 1 aliphatic rings. The maximum absolute atomic E-state index is 13.1. The van der Waals surface area contributed by atoms with Crippen LogP contribution in [-0.2, 0) is 20.9 Å². The Morgan fingerprint density at radius 1 is 1.03 bits per heavy atom. The van der Waals surface area contributed by atoms with E-state index >= 15 is 0 Å². The summed E-state index contributed by atoms with van der Waals surface area (Å²) in [7, 11) is 1.36. The number of esters is 1. The van der Waals surface area contributed by atoms with E-state index in [0.717, 1.165) is 33.3 Å². The molecule has 0 radical (unpaired) electrons. The first-order valence-corrected chi connectivity index (χ1v) is 11.3. The van der Waals surface area contributed by atoms with Gasteiger partial charge in [-0.25, -0.2) is 0 Å². The highest BCUT2D eigenvalue weighted by atomic mass is 35.5. The average Bonchev–Trinajstić information content (AvgIpc) is 3.22. The summed E-state index contributed by atoms with van der Waals surface area (Å²) >= 11 is 6.32. The van der Waals surface area contributed by atoms with Crippen LogP contribution in [0.3, 0.4) is 0 Å². The molecule has 1 heterocycles. The number of benzene rings is 3. The number of hydrogen-bond donors (Lipinski definition) is 0. The molecule has 0 fully saturated rings. The lowest BCUT2D eigenvalue weighted by Gasteiger charge is -2.19. The van der Waals surface area contributed by atoms with Crippen LogP contribution < -0.4 is 9.64 Å². The summed E-state index contributed by atoms with van der Waals surface area (Å²) in [5.41, 5.74) is 3.01. The smallest absolute Gasteiger partial charge is 0.305 e. The number of fused-ring (bicyclic) bond motifs is 3. The largest absolute Gasteiger partial charge is 0.488 e. The zero-order chi connectivity index (χ0) is 22.5. The molecule has 0 saturated heterocycles. The van der Waals surface area contributed by atoms with E-state index in [0.29, 0.717) is 25.5 Å². The van der Waals surface area contributed by atoms with Crippen molar-refractivity contribution in [2.45, 2.75) is 31.8 Å². The monoisotopic (exact) mass is 451 g/mol. The fraction of sp³-hybridized carbons (Fsp3) is 0.308. The number of methoxy groups -OCH3 is 1. The molecule has 0 unspecified atom stereocenters. The van der Waals surface area contributed by atoms with E-state index < -0.39 is 0 Å². The summed E-state index contributed by atoms with van der Waals surface area (Å²) in [6.07, 6.45) is 0.954. The molecule has 3 aromatic rings. The van der Waals surface area contributed by atoms with Gasteiger partial charge < -0.3 is 14.4 Å². The van der Waals surface area contributed by atoms with Gasteiger partial charge in [0, 0.05) is 42.6 Å². The van der Waals surface area contributed by atoms with Gasteiger partial charge in [0.05, 0.1) is 12.8 Å². The highest BCUT2D eigenvalue weighted by Gasteiger charge is 2.34. The maximum atomic E-state index is 13.1. The summed E-state index contributed by atoms with van der Waals surface area (Å²) < 4.78 is 10.9. The van der Waals surface area contributed by atoms with Crippen LogP contribution in [-0.4, -0.2) is 31.4 Å². The normalized spacial score (nSPS) is 14.9. The number of rotatable bonds is 8. The summed E-state index contributed by atoms with van der Waals surface area (Å²) in [5.74, 6) is 0.885. The molecule has 0 bridgehead atoms. The van der Waals surface area contributed by atoms with Gasteiger partial charge in [-0.2, -0.15) is 0 Å². The van der Waals surface area contributed by atoms with Gasteiger partial charge >= 0.3 is 5.97 Å². The van der Waals surface area contributed by atoms with Crippen molar-refractivity contribution in [1.82, 2.24) is 0 Å². The van der Waals surface area contributed by atoms with Crippen molar-refractivity contribution >= 4 is 39.9 Å². The maximum Gasteiger partial charge on any atom is 0.305 e. The summed E-state index contributed by atoms with van der Waals surface area (Å²) in [5, 5.41) is 2.07. The van der Waals surface area contributed by atoms with E-state index in [9.17, 15) is 9.59 Å². The Balaban J connectivity index is 1.66. The lowest BCUT2D eigenvalue weighted by Crippen LogP contribution is -2.30. The first kappa shape index (κ1) is 22.2. The number of carbonyl (C=O) groups excluding carboxylic acids is 2. The summed E-state index contributed by atoms with van der Waals surface area (Å²) in [6.45, 7) is 0.970. The molecule has 3 aromatic carbocycles. The van der Waals surface area contributed by atoms with Gasteiger partial charge in [0.1, 0.15) is 12.4 Å². The van der Waals surface area contributed by atoms with Gasteiger partial charge in [-0.15, -0.1) is 11.6 Å². The SMILES string of the molecule is COC(=O)CCCC(=O)N1C[C@@H](CCl)c2c1cc(OCc1ccccc1)c1ccccc21. The molecular formula is C26H26ClNO4. The Bertz CT molecular complexity index is 1120. The van der Waals surface area contributed by atoms with Crippen LogP contribution in [0.2, 0.25) is 0 Å². The molecule has 0 saturated carbocycles. The molecule has 166 valence electrons. The van der Waals surface area contributed by atoms with Crippen LogP contribution in [0, 0.1) is 0 Å². The van der Waals surface area contributed by atoms with Crippen molar-refractivity contribution in [2.24, 2.45) is 0 Å². The van der Waals surface area contributed by atoms with E-state index in [4.69, 9.17) is 16.3 Å². The Morgan fingerprint density at radius 2 is 1.75 bits per heavy atom. The second-order valence-electron chi connectivity index (χ2n) is 7.91. The van der Waals surface area contributed by atoms with Crippen molar-refractivity contribution in [3.05, 3.63) is 71.8 Å². The molecule has 1 aliphatic heterocycles. The highest BCUT2D eigenvalue weighted by molar-refractivity contribution is 6.19. The van der Waals surface area contributed by atoms with E-state index in [-0.39, 0.29) is 30.6 Å². The number of carbonyl (C=O) groups is 2. The standard InChI is InChI=1S/C26H26ClNO4/c1-31-25(30)13-7-12-24(29)28-16-19(15-27)26-21-11-6-5-10-20(21)23(14-22(26)28)32-17-18-8-3-2-4-9-18/h2-6,8-11,14,19H,7,12-13,15-17H2,1H3/t19-/m1/s1. The van der Waals surface area contributed by atoms with Crippen LogP contribution in [0.5, 0.6) is 5.75 Å². The minimum Gasteiger partial charge on any atom is -0.488 e. The van der Waals surface area contributed by atoms with Crippen LogP contribution in [0.25, 0.3) is 10.8 Å². The molecule has 5 nitrogen and oxygen atoms in total. The zero-order valence-electron chi connectivity index (χ0n) is 18.1.